The molecule has 2 aromatic carbocycles. The van der Waals surface area contributed by atoms with Crippen molar-refractivity contribution in [2.45, 2.75) is 38.3 Å². The lowest BCUT2D eigenvalue weighted by molar-refractivity contribution is -0.140. The number of hydrogen-bond donors (Lipinski definition) is 1. The normalized spacial score (nSPS) is 19.9. The molecule has 0 bridgehead atoms. The molecule has 0 aliphatic carbocycles. The summed E-state index contributed by atoms with van der Waals surface area (Å²) in [5, 5.41) is 3.00. The third-order valence-corrected chi connectivity index (χ3v) is 4.97. The molecule has 1 heterocycles. The molecule has 4 nitrogen and oxygen atoms in total. The second kappa shape index (κ2) is 7.51. The Labute approximate surface area is 148 Å². The van der Waals surface area contributed by atoms with Gasteiger partial charge in [-0.05, 0) is 30.9 Å². The minimum Gasteiger partial charge on any atom is -0.350 e. The molecule has 25 heavy (non-hydrogen) atoms. The summed E-state index contributed by atoms with van der Waals surface area (Å²) in [4.78, 5) is 26.9. The molecule has 1 aliphatic heterocycles. The van der Waals surface area contributed by atoms with E-state index in [1.807, 2.05) is 67.6 Å². The molecular formula is C21H24N2O2. The predicted molar refractivity (Wildman–Crippen MR) is 97.8 cm³/mol. The van der Waals surface area contributed by atoms with E-state index in [1.165, 1.54) is 5.56 Å². The molecule has 0 spiro atoms. The number of likely N-dealkylation sites (tertiary alicyclic amines) is 1. The summed E-state index contributed by atoms with van der Waals surface area (Å²) in [7, 11) is 0. The highest BCUT2D eigenvalue weighted by Gasteiger charge is 2.46. The Balaban J connectivity index is 1.64. The Morgan fingerprint density at radius 2 is 1.64 bits per heavy atom. The topological polar surface area (TPSA) is 49.4 Å². The van der Waals surface area contributed by atoms with E-state index in [0.29, 0.717) is 25.9 Å². The van der Waals surface area contributed by atoms with Gasteiger partial charge in [-0.3, -0.25) is 9.59 Å². The van der Waals surface area contributed by atoms with Gasteiger partial charge in [-0.2, -0.15) is 0 Å². The van der Waals surface area contributed by atoms with Crippen LogP contribution in [0.3, 0.4) is 0 Å². The van der Waals surface area contributed by atoms with E-state index >= 15 is 0 Å². The van der Waals surface area contributed by atoms with E-state index in [0.717, 1.165) is 12.0 Å². The van der Waals surface area contributed by atoms with Crippen molar-refractivity contribution in [2.75, 3.05) is 6.54 Å². The Bertz CT molecular complexity index is 730. The molecule has 130 valence electrons. The highest BCUT2D eigenvalue weighted by molar-refractivity contribution is 5.94. The molecule has 3 rings (SSSR count). The summed E-state index contributed by atoms with van der Waals surface area (Å²) in [6.07, 6.45) is 1.76. The Kier molecular flexibility index (Phi) is 5.17. The zero-order valence-electron chi connectivity index (χ0n) is 14.6. The first-order chi connectivity index (χ1) is 12.1. The lowest BCUT2D eigenvalue weighted by atomic mass is 9.97. The third kappa shape index (κ3) is 3.90. The van der Waals surface area contributed by atoms with Crippen molar-refractivity contribution in [1.82, 2.24) is 10.2 Å². The second-order valence-corrected chi connectivity index (χ2v) is 6.72. The highest BCUT2D eigenvalue weighted by Crippen LogP contribution is 2.30. The van der Waals surface area contributed by atoms with Crippen LogP contribution in [-0.4, -0.2) is 28.8 Å². The number of rotatable bonds is 6. The fraction of sp³-hybridized carbons (Fsp3) is 0.333. The number of nitrogens with zero attached hydrogens (tertiary/aromatic N) is 1. The van der Waals surface area contributed by atoms with Crippen LogP contribution in [-0.2, 0) is 22.6 Å². The lowest BCUT2D eigenvalue weighted by Gasteiger charge is -2.34. The first-order valence-corrected chi connectivity index (χ1v) is 8.76. The Hall–Kier alpha value is -2.62. The molecular weight excluding hydrogens is 312 g/mol. The SMILES string of the molecule is CC1(C(=O)NCc2ccccc2)CCC(=O)N1CCc1ccccc1. The molecule has 0 radical (unpaired) electrons. The molecule has 1 aliphatic rings. The van der Waals surface area contributed by atoms with Gasteiger partial charge in [0.25, 0.3) is 0 Å². The average molecular weight is 336 g/mol. The molecule has 0 aromatic heterocycles. The summed E-state index contributed by atoms with van der Waals surface area (Å²) in [5.41, 5.74) is 1.47. The van der Waals surface area contributed by atoms with Crippen molar-refractivity contribution in [2.24, 2.45) is 0 Å². The van der Waals surface area contributed by atoms with Crippen LogP contribution in [0.1, 0.15) is 30.9 Å². The van der Waals surface area contributed by atoms with Crippen LogP contribution in [0.5, 0.6) is 0 Å². The number of hydrogen-bond acceptors (Lipinski definition) is 2. The van der Waals surface area contributed by atoms with E-state index < -0.39 is 5.54 Å². The zero-order chi connectivity index (χ0) is 17.7. The predicted octanol–water partition coefficient (Wildman–Crippen LogP) is 2.93. The molecule has 1 atom stereocenters. The monoisotopic (exact) mass is 336 g/mol. The van der Waals surface area contributed by atoms with Crippen LogP contribution >= 0.6 is 0 Å². The van der Waals surface area contributed by atoms with Crippen molar-refractivity contribution in [1.29, 1.82) is 0 Å². The highest BCUT2D eigenvalue weighted by atomic mass is 16.2. The summed E-state index contributed by atoms with van der Waals surface area (Å²) >= 11 is 0. The van der Waals surface area contributed by atoms with Crippen LogP contribution in [0.2, 0.25) is 0 Å². The zero-order valence-corrected chi connectivity index (χ0v) is 14.6. The minimum atomic E-state index is -0.763. The first-order valence-electron chi connectivity index (χ1n) is 8.76. The van der Waals surface area contributed by atoms with Gasteiger partial charge in [-0.1, -0.05) is 60.7 Å². The smallest absolute Gasteiger partial charge is 0.245 e. The maximum atomic E-state index is 12.8. The number of carbonyl (C=O) groups is 2. The molecule has 1 N–H and O–H groups in total. The number of carbonyl (C=O) groups excluding carboxylic acids is 2. The number of benzene rings is 2. The van der Waals surface area contributed by atoms with Crippen LogP contribution < -0.4 is 5.32 Å². The van der Waals surface area contributed by atoms with Crippen molar-refractivity contribution >= 4 is 11.8 Å². The maximum absolute atomic E-state index is 12.8. The summed E-state index contributed by atoms with van der Waals surface area (Å²) in [6.45, 7) is 2.93. The Morgan fingerprint density at radius 1 is 1.04 bits per heavy atom. The molecule has 4 heteroatoms. The van der Waals surface area contributed by atoms with Gasteiger partial charge in [0.15, 0.2) is 0 Å². The van der Waals surface area contributed by atoms with E-state index in [4.69, 9.17) is 0 Å². The van der Waals surface area contributed by atoms with E-state index in [9.17, 15) is 9.59 Å². The minimum absolute atomic E-state index is 0.0632. The lowest BCUT2D eigenvalue weighted by Crippen LogP contribution is -2.54. The van der Waals surface area contributed by atoms with Crippen molar-refractivity contribution in [3.63, 3.8) is 0 Å². The van der Waals surface area contributed by atoms with Gasteiger partial charge in [-0.15, -0.1) is 0 Å². The van der Waals surface area contributed by atoms with E-state index in [2.05, 4.69) is 5.32 Å². The van der Waals surface area contributed by atoms with Crippen LogP contribution in [0.25, 0.3) is 0 Å². The van der Waals surface area contributed by atoms with Crippen LogP contribution in [0.4, 0.5) is 0 Å². The molecule has 0 saturated carbocycles. The molecule has 1 unspecified atom stereocenters. The first kappa shape index (κ1) is 17.2. The van der Waals surface area contributed by atoms with Gasteiger partial charge in [0.2, 0.25) is 11.8 Å². The summed E-state index contributed by atoms with van der Waals surface area (Å²) < 4.78 is 0. The van der Waals surface area contributed by atoms with E-state index in [-0.39, 0.29) is 11.8 Å². The second-order valence-electron chi connectivity index (χ2n) is 6.72. The van der Waals surface area contributed by atoms with Crippen molar-refractivity contribution in [3.05, 3.63) is 71.8 Å². The van der Waals surface area contributed by atoms with Gasteiger partial charge in [0, 0.05) is 19.5 Å². The molecule has 1 saturated heterocycles. The fourth-order valence-electron chi connectivity index (χ4n) is 3.36. The summed E-state index contributed by atoms with van der Waals surface area (Å²) in [5.74, 6) is -0.0106. The maximum Gasteiger partial charge on any atom is 0.245 e. The largest absolute Gasteiger partial charge is 0.350 e. The fourth-order valence-corrected chi connectivity index (χ4v) is 3.36. The van der Waals surface area contributed by atoms with Crippen molar-refractivity contribution < 1.29 is 9.59 Å². The van der Waals surface area contributed by atoms with Crippen LogP contribution in [0.15, 0.2) is 60.7 Å². The van der Waals surface area contributed by atoms with Gasteiger partial charge < -0.3 is 10.2 Å². The number of amides is 2. The van der Waals surface area contributed by atoms with E-state index in [1.54, 1.807) is 4.90 Å². The third-order valence-electron chi connectivity index (χ3n) is 4.97. The van der Waals surface area contributed by atoms with Gasteiger partial charge >= 0.3 is 0 Å². The van der Waals surface area contributed by atoms with Gasteiger partial charge in [-0.25, -0.2) is 0 Å². The van der Waals surface area contributed by atoms with Gasteiger partial charge in [0.05, 0.1) is 0 Å². The van der Waals surface area contributed by atoms with Crippen LogP contribution in [0, 0.1) is 0 Å². The van der Waals surface area contributed by atoms with Crippen molar-refractivity contribution in [3.8, 4) is 0 Å². The Morgan fingerprint density at radius 3 is 2.28 bits per heavy atom. The van der Waals surface area contributed by atoms with Gasteiger partial charge in [0.1, 0.15) is 5.54 Å². The average Bonchev–Trinajstić information content (AvgIpc) is 2.95. The summed E-state index contributed by atoms with van der Waals surface area (Å²) in [6, 6.07) is 19.9. The quantitative estimate of drug-likeness (QED) is 0.882. The molecule has 2 amide bonds. The molecule has 2 aromatic rings. The number of nitrogens with one attached hydrogen (secondary N) is 1. The standard InChI is InChI=1S/C21H24N2O2/c1-21(20(25)22-16-18-10-6-3-7-11-18)14-12-19(24)23(21)15-13-17-8-4-2-5-9-17/h2-11H,12-16H2,1H3,(H,22,25). The molecule has 1 fully saturated rings.